The van der Waals surface area contributed by atoms with Crippen LogP contribution in [-0.4, -0.2) is 36.1 Å². The fraction of sp³-hybridized carbons (Fsp3) is 0.0500. The lowest BCUT2D eigenvalue weighted by atomic mass is 10.2. The zero-order valence-electron chi connectivity index (χ0n) is 15.5. The second kappa shape index (κ2) is 8.69. The first-order valence-corrected chi connectivity index (χ1v) is 8.57. The van der Waals surface area contributed by atoms with Gasteiger partial charge in [-0.05, 0) is 42.5 Å². The zero-order valence-corrected chi connectivity index (χ0v) is 15.5. The molecule has 10 heteroatoms. The van der Waals surface area contributed by atoms with Crippen LogP contribution in [0.4, 0.5) is 5.69 Å². The molecule has 152 valence electrons. The van der Waals surface area contributed by atoms with E-state index < -0.39 is 23.7 Å². The molecule has 1 heterocycles. The third-order valence-corrected chi connectivity index (χ3v) is 3.91. The van der Waals surface area contributed by atoms with Gasteiger partial charge in [-0.25, -0.2) is 9.69 Å². The first-order chi connectivity index (χ1) is 14.3. The number of anilines is 1. The van der Waals surface area contributed by atoms with E-state index in [0.717, 1.165) is 17.1 Å². The summed E-state index contributed by atoms with van der Waals surface area (Å²) in [4.78, 5) is 52.3. The van der Waals surface area contributed by atoms with Crippen molar-refractivity contribution in [2.45, 2.75) is 0 Å². The van der Waals surface area contributed by atoms with Gasteiger partial charge in [-0.3, -0.25) is 14.4 Å². The van der Waals surface area contributed by atoms with Crippen molar-refractivity contribution < 1.29 is 28.8 Å². The molecule has 3 amide bonds. The van der Waals surface area contributed by atoms with Gasteiger partial charge < -0.3 is 21.0 Å². The van der Waals surface area contributed by atoms with Crippen LogP contribution in [0, 0.1) is 0 Å². The van der Waals surface area contributed by atoms with E-state index in [1.54, 1.807) is 24.3 Å². The van der Waals surface area contributed by atoms with E-state index >= 15 is 0 Å². The van der Waals surface area contributed by atoms with E-state index in [-0.39, 0.29) is 23.7 Å². The fourth-order valence-corrected chi connectivity index (χ4v) is 2.50. The lowest BCUT2D eigenvalue weighted by molar-refractivity contribution is -0.121. The average Bonchev–Trinajstić information content (AvgIpc) is 3.08. The number of primary amides is 1. The minimum absolute atomic E-state index is 0.0740. The number of nitrogens with two attached hydrogens (primary N) is 2. The molecule has 0 saturated heterocycles. The Hall–Kier alpha value is -4.47. The molecule has 0 radical (unpaired) electrons. The Labute approximate surface area is 170 Å². The number of benzene rings is 2. The SMILES string of the molecule is NC(=O)COc1ccc(/C(N)=N/OC(=O)c2cccc(N3C(=O)C=CC3=O)c2)cc1. The van der Waals surface area contributed by atoms with Crippen LogP contribution >= 0.6 is 0 Å². The molecule has 0 saturated carbocycles. The van der Waals surface area contributed by atoms with Crippen molar-refractivity contribution in [1.82, 2.24) is 0 Å². The van der Waals surface area contributed by atoms with Crippen molar-refractivity contribution in [1.29, 1.82) is 0 Å². The van der Waals surface area contributed by atoms with E-state index in [9.17, 15) is 19.2 Å². The second-order valence-corrected chi connectivity index (χ2v) is 6.03. The highest BCUT2D eigenvalue weighted by molar-refractivity contribution is 6.28. The van der Waals surface area contributed by atoms with Crippen LogP contribution in [0.15, 0.2) is 65.8 Å². The Kier molecular flexibility index (Phi) is 5.87. The number of amidine groups is 1. The molecular formula is C20H16N4O6. The van der Waals surface area contributed by atoms with Crippen LogP contribution in [0.25, 0.3) is 0 Å². The number of hydrogen-bond acceptors (Lipinski definition) is 7. The zero-order chi connectivity index (χ0) is 21.7. The molecule has 10 nitrogen and oxygen atoms in total. The van der Waals surface area contributed by atoms with Gasteiger partial charge in [-0.15, -0.1) is 0 Å². The quantitative estimate of drug-likeness (QED) is 0.222. The highest BCUT2D eigenvalue weighted by Gasteiger charge is 2.25. The number of rotatable bonds is 7. The Morgan fingerprint density at radius 2 is 1.60 bits per heavy atom. The van der Waals surface area contributed by atoms with Crippen molar-refractivity contribution in [3.8, 4) is 5.75 Å². The maximum absolute atomic E-state index is 12.3. The van der Waals surface area contributed by atoms with Gasteiger partial charge in [0.1, 0.15) is 5.75 Å². The lowest BCUT2D eigenvalue weighted by Crippen LogP contribution is -2.29. The summed E-state index contributed by atoms with van der Waals surface area (Å²) in [6.45, 7) is -0.260. The molecule has 0 fully saturated rings. The van der Waals surface area contributed by atoms with Crippen LogP contribution in [0.1, 0.15) is 15.9 Å². The molecule has 1 aliphatic heterocycles. The maximum Gasteiger partial charge on any atom is 0.365 e. The third-order valence-electron chi connectivity index (χ3n) is 3.91. The smallest absolute Gasteiger partial charge is 0.365 e. The first kappa shape index (κ1) is 20.3. The summed E-state index contributed by atoms with van der Waals surface area (Å²) in [5.74, 6) is -2.11. The molecule has 0 aromatic heterocycles. The largest absolute Gasteiger partial charge is 0.484 e. The number of carbonyl (C=O) groups excluding carboxylic acids is 4. The molecule has 0 aliphatic carbocycles. The molecule has 1 aliphatic rings. The monoisotopic (exact) mass is 408 g/mol. The first-order valence-electron chi connectivity index (χ1n) is 8.57. The number of nitrogens with zero attached hydrogens (tertiary/aromatic N) is 2. The van der Waals surface area contributed by atoms with Crippen LogP contribution in [0.3, 0.4) is 0 Å². The van der Waals surface area contributed by atoms with E-state index in [0.29, 0.717) is 11.3 Å². The molecule has 4 N–H and O–H groups in total. The van der Waals surface area contributed by atoms with E-state index in [1.807, 2.05) is 0 Å². The highest BCUT2D eigenvalue weighted by atomic mass is 16.7. The van der Waals surface area contributed by atoms with Crippen LogP contribution in [0.2, 0.25) is 0 Å². The minimum atomic E-state index is -0.826. The molecule has 0 atom stereocenters. The molecule has 0 unspecified atom stereocenters. The van der Waals surface area contributed by atoms with E-state index in [4.69, 9.17) is 21.0 Å². The minimum Gasteiger partial charge on any atom is -0.484 e. The van der Waals surface area contributed by atoms with Crippen molar-refractivity contribution in [3.63, 3.8) is 0 Å². The van der Waals surface area contributed by atoms with E-state index in [1.165, 1.54) is 24.3 Å². The molecule has 2 aromatic carbocycles. The summed E-state index contributed by atoms with van der Waals surface area (Å²) in [6.07, 6.45) is 2.28. The van der Waals surface area contributed by atoms with Crippen molar-refractivity contribution in [2.24, 2.45) is 16.6 Å². The van der Waals surface area contributed by atoms with Gasteiger partial charge in [0.25, 0.3) is 17.7 Å². The summed E-state index contributed by atoms with van der Waals surface area (Å²) in [5.41, 5.74) is 11.6. The third kappa shape index (κ3) is 4.68. The summed E-state index contributed by atoms with van der Waals surface area (Å²) in [7, 11) is 0. The molecule has 0 spiro atoms. The number of carbonyl (C=O) groups is 4. The van der Waals surface area contributed by atoms with Gasteiger partial charge in [-0.2, -0.15) is 0 Å². The fourth-order valence-electron chi connectivity index (χ4n) is 2.50. The number of oxime groups is 1. The van der Waals surface area contributed by atoms with E-state index in [2.05, 4.69) is 5.16 Å². The van der Waals surface area contributed by atoms with Crippen LogP contribution < -0.4 is 21.1 Å². The molecule has 0 bridgehead atoms. The molecule has 30 heavy (non-hydrogen) atoms. The van der Waals surface area contributed by atoms with Gasteiger partial charge in [0.15, 0.2) is 12.4 Å². The van der Waals surface area contributed by atoms with Gasteiger partial charge in [0.05, 0.1) is 11.3 Å². The Bertz CT molecular complexity index is 1060. The Balaban J connectivity index is 1.66. The molecular weight excluding hydrogens is 392 g/mol. The van der Waals surface area contributed by atoms with Gasteiger partial charge in [0, 0.05) is 17.7 Å². The molecule has 3 rings (SSSR count). The summed E-state index contributed by atoms with van der Waals surface area (Å²) in [6, 6.07) is 12.0. The predicted molar refractivity (Wildman–Crippen MR) is 105 cm³/mol. The van der Waals surface area contributed by atoms with Gasteiger partial charge >= 0.3 is 5.97 Å². The number of ether oxygens (including phenoxy) is 1. The second-order valence-electron chi connectivity index (χ2n) is 6.03. The summed E-state index contributed by atoms with van der Waals surface area (Å²) in [5, 5.41) is 3.60. The number of imide groups is 1. The Morgan fingerprint density at radius 1 is 0.933 bits per heavy atom. The van der Waals surface area contributed by atoms with Crippen molar-refractivity contribution in [2.75, 3.05) is 11.5 Å². The normalized spacial score (nSPS) is 13.5. The topological polar surface area (TPSA) is 154 Å². The lowest BCUT2D eigenvalue weighted by Gasteiger charge is -2.14. The maximum atomic E-state index is 12.3. The highest BCUT2D eigenvalue weighted by Crippen LogP contribution is 2.21. The van der Waals surface area contributed by atoms with Crippen LogP contribution in [-0.2, 0) is 19.2 Å². The predicted octanol–water partition coefficient (Wildman–Crippen LogP) is 0.457. The Morgan fingerprint density at radius 3 is 2.23 bits per heavy atom. The summed E-state index contributed by atoms with van der Waals surface area (Å²) < 4.78 is 5.13. The molecule has 2 aromatic rings. The number of hydrogen-bond donors (Lipinski definition) is 2. The van der Waals surface area contributed by atoms with Gasteiger partial charge in [-0.1, -0.05) is 11.2 Å². The summed E-state index contributed by atoms with van der Waals surface area (Å²) >= 11 is 0. The van der Waals surface area contributed by atoms with Crippen molar-refractivity contribution >= 4 is 35.2 Å². The van der Waals surface area contributed by atoms with Gasteiger partial charge in [0.2, 0.25) is 0 Å². The average molecular weight is 408 g/mol. The van der Waals surface area contributed by atoms with Crippen LogP contribution in [0.5, 0.6) is 5.75 Å². The van der Waals surface area contributed by atoms with Crippen molar-refractivity contribution in [3.05, 3.63) is 71.8 Å². The standard InChI is InChI=1S/C20H16N4O6/c21-16(25)11-29-15-6-4-12(5-7-15)19(22)23-30-20(28)13-2-1-3-14(10-13)24-17(26)8-9-18(24)27/h1-10H,11H2,(H2,21,25)(H2,22,23). The number of amides is 3.